The lowest BCUT2D eigenvalue weighted by Gasteiger charge is -2.30. The lowest BCUT2D eigenvalue weighted by Crippen LogP contribution is -2.46. The summed E-state index contributed by atoms with van der Waals surface area (Å²) in [7, 11) is -3.40. The first-order valence-corrected chi connectivity index (χ1v) is 9.53. The van der Waals surface area contributed by atoms with Crippen LogP contribution in [0.25, 0.3) is 0 Å². The summed E-state index contributed by atoms with van der Waals surface area (Å²) in [6.45, 7) is 1.90. The minimum Gasteiger partial charge on any atom is -0.396 e. The van der Waals surface area contributed by atoms with Crippen LogP contribution in [0.15, 0.2) is 0 Å². The molecule has 2 rings (SSSR count). The maximum absolute atomic E-state index is 12.1. The van der Waals surface area contributed by atoms with Gasteiger partial charge in [-0.05, 0) is 31.6 Å². The van der Waals surface area contributed by atoms with Crippen molar-refractivity contribution in [3.05, 3.63) is 0 Å². The highest BCUT2D eigenvalue weighted by Gasteiger charge is 2.27. The normalized spacial score (nSPS) is 23.5. The van der Waals surface area contributed by atoms with Gasteiger partial charge >= 0.3 is 0 Å². The fourth-order valence-electron chi connectivity index (χ4n) is 3.05. The fraction of sp³-hybridized carbons (Fsp3) is 1.00. The Kier molecular flexibility index (Phi) is 6.88. The number of piperidine rings is 1. The predicted octanol–water partition coefficient (Wildman–Crippen LogP) is 0.874. The second-order valence-corrected chi connectivity index (χ2v) is 7.81. The number of nitrogens with one attached hydrogen (secondary N) is 1. The average Bonchev–Trinajstić information content (AvgIpc) is 2.53. The average molecular weight is 320 g/mol. The Morgan fingerprint density at radius 1 is 1.10 bits per heavy atom. The van der Waals surface area contributed by atoms with Crippen molar-refractivity contribution in [3.8, 4) is 0 Å². The van der Waals surface area contributed by atoms with E-state index >= 15 is 0 Å². The van der Waals surface area contributed by atoms with Gasteiger partial charge in [-0.25, -0.2) is 0 Å². The van der Waals surface area contributed by atoms with E-state index < -0.39 is 10.2 Å². The zero-order valence-corrected chi connectivity index (χ0v) is 13.5. The van der Waals surface area contributed by atoms with Crippen LogP contribution in [0, 0.1) is 5.92 Å². The molecule has 7 heteroatoms. The summed E-state index contributed by atoms with van der Waals surface area (Å²) < 4.78 is 34.1. The number of hydrogen-bond donors (Lipinski definition) is 2. The van der Waals surface area contributed by atoms with E-state index in [0.717, 1.165) is 25.7 Å². The maximum atomic E-state index is 12.1. The van der Waals surface area contributed by atoms with Crippen LogP contribution in [0.4, 0.5) is 0 Å². The Bertz CT molecular complexity index is 388. The molecule has 0 aromatic carbocycles. The summed E-state index contributed by atoms with van der Waals surface area (Å²) in [6, 6.07) is 0. The zero-order chi connectivity index (χ0) is 15.1. The van der Waals surface area contributed by atoms with Gasteiger partial charge in [-0.1, -0.05) is 19.3 Å². The summed E-state index contributed by atoms with van der Waals surface area (Å²) in [6.07, 6.45) is 7.70. The molecule has 2 fully saturated rings. The molecule has 1 saturated carbocycles. The molecule has 21 heavy (non-hydrogen) atoms. The van der Waals surface area contributed by atoms with E-state index in [-0.39, 0.29) is 12.5 Å². The highest BCUT2D eigenvalue weighted by molar-refractivity contribution is 7.87. The van der Waals surface area contributed by atoms with Crippen molar-refractivity contribution in [1.29, 1.82) is 0 Å². The molecule has 6 nitrogen and oxygen atoms in total. The number of rotatable bonds is 7. The zero-order valence-electron chi connectivity index (χ0n) is 12.7. The third-order valence-electron chi connectivity index (χ3n) is 4.46. The van der Waals surface area contributed by atoms with Crippen LogP contribution < -0.4 is 4.72 Å². The van der Waals surface area contributed by atoms with Gasteiger partial charge in [0.25, 0.3) is 10.2 Å². The van der Waals surface area contributed by atoms with Crippen LogP contribution in [-0.2, 0) is 14.9 Å². The maximum Gasteiger partial charge on any atom is 0.279 e. The third kappa shape index (κ3) is 5.49. The third-order valence-corrected chi connectivity index (χ3v) is 6.08. The molecular formula is C14H28N2O4S. The summed E-state index contributed by atoms with van der Waals surface area (Å²) in [4.78, 5) is 0. The summed E-state index contributed by atoms with van der Waals surface area (Å²) >= 11 is 0. The molecule has 2 N–H and O–H groups in total. The Hall–Kier alpha value is -0.210. The number of aliphatic hydroxyl groups is 1. The largest absolute Gasteiger partial charge is 0.396 e. The fourth-order valence-corrected chi connectivity index (χ4v) is 4.27. The molecule has 0 aromatic heterocycles. The summed E-state index contributed by atoms with van der Waals surface area (Å²) in [5, 5.41) is 9.08. The minimum absolute atomic E-state index is 0.149. The van der Waals surface area contributed by atoms with E-state index in [2.05, 4.69) is 4.72 Å². The van der Waals surface area contributed by atoms with Crippen molar-refractivity contribution in [3.63, 3.8) is 0 Å². The predicted molar refractivity (Wildman–Crippen MR) is 81.1 cm³/mol. The van der Waals surface area contributed by atoms with Gasteiger partial charge in [0, 0.05) is 26.2 Å². The number of ether oxygens (including phenoxy) is 1. The molecule has 0 amide bonds. The van der Waals surface area contributed by atoms with Gasteiger partial charge < -0.3 is 9.84 Å². The van der Waals surface area contributed by atoms with E-state index in [1.54, 1.807) is 0 Å². The molecule has 2 aliphatic rings. The second-order valence-electron chi connectivity index (χ2n) is 6.06. The SMILES string of the molecule is O=S(=O)(NCCOC1CCCCC1)N1CCC(CO)CC1. The number of hydrogen-bond acceptors (Lipinski definition) is 4. The Morgan fingerprint density at radius 3 is 2.38 bits per heavy atom. The van der Waals surface area contributed by atoms with Gasteiger partial charge in [0.2, 0.25) is 0 Å². The number of nitrogens with zero attached hydrogens (tertiary/aromatic N) is 1. The van der Waals surface area contributed by atoms with Gasteiger partial charge in [0.05, 0.1) is 12.7 Å². The van der Waals surface area contributed by atoms with Gasteiger partial charge in [-0.15, -0.1) is 0 Å². The van der Waals surface area contributed by atoms with Gasteiger partial charge in [-0.3, -0.25) is 0 Å². The first-order valence-electron chi connectivity index (χ1n) is 8.09. The van der Waals surface area contributed by atoms with Gasteiger partial charge in [0.15, 0.2) is 0 Å². The summed E-state index contributed by atoms with van der Waals surface area (Å²) in [5.74, 6) is 0.242. The lowest BCUT2D eigenvalue weighted by atomic mass is 9.98. The topological polar surface area (TPSA) is 78.9 Å². The van der Waals surface area contributed by atoms with E-state index in [4.69, 9.17) is 9.84 Å². The van der Waals surface area contributed by atoms with Crippen molar-refractivity contribution < 1.29 is 18.3 Å². The minimum atomic E-state index is -3.40. The Balaban J connectivity index is 1.64. The molecular weight excluding hydrogens is 292 g/mol. The molecule has 0 aromatic rings. The molecule has 1 aliphatic heterocycles. The molecule has 0 atom stereocenters. The highest BCUT2D eigenvalue weighted by atomic mass is 32.2. The first-order chi connectivity index (χ1) is 10.1. The highest BCUT2D eigenvalue weighted by Crippen LogP contribution is 2.20. The van der Waals surface area contributed by atoms with Crippen LogP contribution in [-0.4, -0.2) is 56.8 Å². The Labute approximate surface area is 128 Å². The second kappa shape index (κ2) is 8.43. The van der Waals surface area contributed by atoms with Crippen molar-refractivity contribution in [2.45, 2.75) is 51.0 Å². The molecule has 0 spiro atoms. The van der Waals surface area contributed by atoms with Crippen molar-refractivity contribution >= 4 is 10.2 Å². The van der Waals surface area contributed by atoms with Crippen molar-refractivity contribution in [2.24, 2.45) is 5.92 Å². The monoisotopic (exact) mass is 320 g/mol. The van der Waals surface area contributed by atoms with E-state index in [1.807, 2.05) is 0 Å². The molecule has 1 aliphatic carbocycles. The van der Waals surface area contributed by atoms with Crippen molar-refractivity contribution in [1.82, 2.24) is 9.03 Å². The van der Waals surface area contributed by atoms with Crippen LogP contribution in [0.2, 0.25) is 0 Å². The molecule has 0 bridgehead atoms. The van der Waals surface area contributed by atoms with Crippen LogP contribution >= 0.6 is 0 Å². The lowest BCUT2D eigenvalue weighted by molar-refractivity contribution is 0.0319. The Morgan fingerprint density at radius 2 is 1.76 bits per heavy atom. The van der Waals surface area contributed by atoms with Gasteiger partial charge in [-0.2, -0.15) is 17.4 Å². The van der Waals surface area contributed by atoms with Gasteiger partial charge in [0.1, 0.15) is 0 Å². The quantitative estimate of drug-likeness (QED) is 0.682. The van der Waals surface area contributed by atoms with E-state index in [1.165, 1.54) is 23.6 Å². The summed E-state index contributed by atoms with van der Waals surface area (Å²) in [5.41, 5.74) is 0. The van der Waals surface area contributed by atoms with Crippen LogP contribution in [0.5, 0.6) is 0 Å². The molecule has 1 saturated heterocycles. The standard InChI is InChI=1S/C14H28N2O4S/c17-12-13-6-9-16(10-7-13)21(18,19)15-8-11-20-14-4-2-1-3-5-14/h13-15,17H,1-12H2. The van der Waals surface area contributed by atoms with Crippen LogP contribution in [0.1, 0.15) is 44.9 Å². The first kappa shape index (κ1) is 17.1. The van der Waals surface area contributed by atoms with Crippen LogP contribution in [0.3, 0.4) is 0 Å². The molecule has 1 heterocycles. The van der Waals surface area contributed by atoms with E-state index in [0.29, 0.717) is 32.3 Å². The smallest absolute Gasteiger partial charge is 0.279 e. The molecule has 0 unspecified atom stereocenters. The molecule has 124 valence electrons. The molecule has 0 radical (unpaired) electrons. The van der Waals surface area contributed by atoms with Crippen molar-refractivity contribution in [2.75, 3.05) is 32.8 Å². The van der Waals surface area contributed by atoms with E-state index in [9.17, 15) is 8.42 Å². The number of aliphatic hydroxyl groups excluding tert-OH is 1.